The Bertz CT molecular complexity index is 1120. The van der Waals surface area contributed by atoms with Gasteiger partial charge in [-0.15, -0.1) is 0 Å². The number of nitrogens with zero attached hydrogens (tertiary/aromatic N) is 3. The summed E-state index contributed by atoms with van der Waals surface area (Å²) >= 11 is 0. The van der Waals surface area contributed by atoms with Crippen LogP contribution in [0.15, 0.2) is 59.5 Å². The molecular weight excluding hydrogens is 398 g/mol. The van der Waals surface area contributed by atoms with E-state index in [4.69, 9.17) is 15.7 Å². The van der Waals surface area contributed by atoms with Crippen LogP contribution in [0.5, 0.6) is 0 Å². The first-order valence-electron chi connectivity index (χ1n) is 9.88. The monoisotopic (exact) mass is 421 g/mol. The SMILES string of the molecule is Nc1ccc(-c2cn(Cc3ccc(C(=O)NO)cc3)c(=O)c(N3CCOCC3)n2)cc1. The summed E-state index contributed by atoms with van der Waals surface area (Å²) in [6.45, 7) is 2.59. The summed E-state index contributed by atoms with van der Waals surface area (Å²) in [5, 5.41) is 8.77. The number of amides is 1. The minimum absolute atomic E-state index is 0.196. The van der Waals surface area contributed by atoms with E-state index in [2.05, 4.69) is 4.98 Å². The molecule has 9 heteroatoms. The van der Waals surface area contributed by atoms with Gasteiger partial charge in [-0.3, -0.25) is 14.8 Å². The first kappa shape index (κ1) is 20.6. The molecule has 1 fully saturated rings. The Kier molecular flexibility index (Phi) is 5.96. The Morgan fingerprint density at radius 1 is 1.10 bits per heavy atom. The van der Waals surface area contributed by atoms with Crippen molar-refractivity contribution in [2.24, 2.45) is 0 Å². The van der Waals surface area contributed by atoms with Gasteiger partial charge in [0.1, 0.15) is 0 Å². The lowest BCUT2D eigenvalue weighted by molar-refractivity contribution is 0.0706. The second-order valence-electron chi connectivity index (χ2n) is 7.24. The predicted molar refractivity (Wildman–Crippen MR) is 116 cm³/mol. The molecule has 0 radical (unpaired) electrons. The Hall–Kier alpha value is -3.69. The Balaban J connectivity index is 1.73. The van der Waals surface area contributed by atoms with Crippen LogP contribution in [0.4, 0.5) is 11.5 Å². The van der Waals surface area contributed by atoms with Gasteiger partial charge in [0, 0.05) is 36.1 Å². The Labute approximate surface area is 178 Å². The highest BCUT2D eigenvalue weighted by molar-refractivity contribution is 5.93. The van der Waals surface area contributed by atoms with Crippen LogP contribution in [0.3, 0.4) is 0 Å². The van der Waals surface area contributed by atoms with Crippen molar-refractivity contribution in [1.29, 1.82) is 0 Å². The maximum absolute atomic E-state index is 13.2. The molecule has 1 aromatic heterocycles. The molecule has 2 aromatic carbocycles. The Morgan fingerprint density at radius 3 is 2.42 bits per heavy atom. The molecule has 0 saturated carbocycles. The van der Waals surface area contributed by atoms with Gasteiger partial charge >= 0.3 is 0 Å². The van der Waals surface area contributed by atoms with Crippen LogP contribution in [-0.4, -0.2) is 47.0 Å². The number of benzene rings is 2. The van der Waals surface area contributed by atoms with E-state index in [1.165, 1.54) is 0 Å². The number of carbonyl (C=O) groups excluding carboxylic acids is 1. The summed E-state index contributed by atoms with van der Waals surface area (Å²) in [7, 11) is 0. The fourth-order valence-corrected chi connectivity index (χ4v) is 3.44. The van der Waals surface area contributed by atoms with E-state index in [-0.39, 0.29) is 5.56 Å². The summed E-state index contributed by atoms with van der Waals surface area (Å²) < 4.78 is 7.03. The van der Waals surface area contributed by atoms with Crippen molar-refractivity contribution in [3.05, 3.63) is 76.2 Å². The molecule has 0 aliphatic carbocycles. The molecule has 0 unspecified atom stereocenters. The molecule has 2 heterocycles. The normalized spacial score (nSPS) is 13.8. The number of nitrogen functional groups attached to an aromatic ring is 1. The van der Waals surface area contributed by atoms with Crippen molar-refractivity contribution in [3.63, 3.8) is 0 Å². The van der Waals surface area contributed by atoms with E-state index in [0.29, 0.717) is 55.6 Å². The van der Waals surface area contributed by atoms with E-state index in [1.54, 1.807) is 52.6 Å². The quantitative estimate of drug-likeness (QED) is 0.324. The number of anilines is 2. The van der Waals surface area contributed by atoms with Crippen molar-refractivity contribution in [3.8, 4) is 11.3 Å². The molecule has 31 heavy (non-hydrogen) atoms. The van der Waals surface area contributed by atoms with Gasteiger partial charge in [-0.2, -0.15) is 0 Å². The molecule has 160 valence electrons. The third kappa shape index (κ3) is 4.57. The predicted octanol–water partition coefficient (Wildman–Crippen LogP) is 1.50. The van der Waals surface area contributed by atoms with Crippen LogP contribution in [0.2, 0.25) is 0 Å². The number of aromatic nitrogens is 2. The summed E-state index contributed by atoms with van der Waals surface area (Å²) in [5.74, 6) is -0.207. The summed E-state index contributed by atoms with van der Waals surface area (Å²) in [6, 6.07) is 14.0. The van der Waals surface area contributed by atoms with E-state index in [9.17, 15) is 9.59 Å². The number of ether oxygens (including phenoxy) is 1. The van der Waals surface area contributed by atoms with Gasteiger partial charge < -0.3 is 19.9 Å². The molecule has 0 bridgehead atoms. The van der Waals surface area contributed by atoms with Crippen LogP contribution in [-0.2, 0) is 11.3 Å². The number of hydrogen-bond donors (Lipinski definition) is 3. The van der Waals surface area contributed by atoms with Gasteiger partial charge in [-0.25, -0.2) is 10.5 Å². The standard InChI is InChI=1S/C22H23N5O4/c23-18-7-5-16(6-8-18)19-14-27(13-15-1-3-17(4-2-15)21(28)25-30)22(29)20(24-19)26-9-11-31-12-10-26/h1-8,14,30H,9-13,23H2,(H,25,28). The molecule has 9 nitrogen and oxygen atoms in total. The van der Waals surface area contributed by atoms with Crippen LogP contribution in [0, 0.1) is 0 Å². The summed E-state index contributed by atoms with van der Waals surface area (Å²) in [6.07, 6.45) is 1.73. The lowest BCUT2D eigenvalue weighted by Gasteiger charge is -2.28. The average Bonchev–Trinajstić information content (AvgIpc) is 2.81. The molecule has 1 amide bonds. The molecule has 1 saturated heterocycles. The van der Waals surface area contributed by atoms with Gasteiger partial charge in [0.15, 0.2) is 5.82 Å². The summed E-state index contributed by atoms with van der Waals surface area (Å²) in [5.41, 5.74) is 10.5. The van der Waals surface area contributed by atoms with E-state index in [0.717, 1.165) is 11.1 Å². The maximum atomic E-state index is 13.2. The zero-order chi connectivity index (χ0) is 21.8. The van der Waals surface area contributed by atoms with Gasteiger partial charge in [0.05, 0.1) is 25.5 Å². The molecule has 4 N–H and O–H groups in total. The molecule has 1 aliphatic rings. The van der Waals surface area contributed by atoms with Gasteiger partial charge in [0.2, 0.25) is 0 Å². The third-order valence-electron chi connectivity index (χ3n) is 5.14. The number of nitrogens with one attached hydrogen (secondary N) is 1. The second kappa shape index (κ2) is 8.99. The molecule has 0 atom stereocenters. The maximum Gasteiger partial charge on any atom is 0.293 e. The van der Waals surface area contributed by atoms with E-state index >= 15 is 0 Å². The highest BCUT2D eigenvalue weighted by Gasteiger charge is 2.19. The van der Waals surface area contributed by atoms with Crippen molar-refractivity contribution in [1.82, 2.24) is 15.0 Å². The molecular formula is C22H23N5O4. The van der Waals surface area contributed by atoms with Gasteiger partial charge in [0.25, 0.3) is 11.5 Å². The highest BCUT2D eigenvalue weighted by Crippen LogP contribution is 2.21. The topological polar surface area (TPSA) is 123 Å². The number of morpholine rings is 1. The highest BCUT2D eigenvalue weighted by atomic mass is 16.5. The minimum Gasteiger partial charge on any atom is -0.399 e. The number of rotatable bonds is 5. The van der Waals surface area contributed by atoms with E-state index in [1.807, 2.05) is 17.0 Å². The molecule has 4 rings (SSSR count). The molecule has 0 spiro atoms. The second-order valence-corrected chi connectivity index (χ2v) is 7.24. The summed E-state index contributed by atoms with van der Waals surface area (Å²) in [4.78, 5) is 31.4. The first-order valence-corrected chi connectivity index (χ1v) is 9.88. The van der Waals surface area contributed by atoms with Crippen molar-refractivity contribution < 1.29 is 14.7 Å². The van der Waals surface area contributed by atoms with Crippen molar-refractivity contribution in [2.45, 2.75) is 6.54 Å². The van der Waals surface area contributed by atoms with Crippen LogP contribution in [0.1, 0.15) is 15.9 Å². The van der Waals surface area contributed by atoms with Crippen LogP contribution >= 0.6 is 0 Å². The lowest BCUT2D eigenvalue weighted by Crippen LogP contribution is -2.41. The fourth-order valence-electron chi connectivity index (χ4n) is 3.44. The fraction of sp³-hybridized carbons (Fsp3) is 0.227. The van der Waals surface area contributed by atoms with Gasteiger partial charge in [-0.05, 0) is 29.8 Å². The third-order valence-corrected chi connectivity index (χ3v) is 5.14. The average molecular weight is 421 g/mol. The minimum atomic E-state index is -0.590. The number of hydroxylamine groups is 1. The van der Waals surface area contributed by atoms with E-state index < -0.39 is 5.91 Å². The van der Waals surface area contributed by atoms with Crippen molar-refractivity contribution >= 4 is 17.4 Å². The number of carbonyl (C=O) groups is 1. The molecule has 1 aliphatic heterocycles. The zero-order valence-electron chi connectivity index (χ0n) is 16.8. The van der Waals surface area contributed by atoms with Crippen LogP contribution < -0.4 is 21.7 Å². The number of nitrogens with two attached hydrogens (primary N) is 1. The Morgan fingerprint density at radius 2 is 1.77 bits per heavy atom. The molecule has 3 aromatic rings. The zero-order valence-corrected chi connectivity index (χ0v) is 16.8. The van der Waals surface area contributed by atoms with Gasteiger partial charge in [-0.1, -0.05) is 24.3 Å². The lowest BCUT2D eigenvalue weighted by atomic mass is 10.1. The first-order chi connectivity index (χ1) is 15.0. The van der Waals surface area contributed by atoms with Crippen molar-refractivity contribution in [2.75, 3.05) is 36.9 Å². The number of hydrogen-bond acceptors (Lipinski definition) is 7. The van der Waals surface area contributed by atoms with Crippen LogP contribution in [0.25, 0.3) is 11.3 Å². The smallest absolute Gasteiger partial charge is 0.293 e. The largest absolute Gasteiger partial charge is 0.399 e.